The van der Waals surface area contributed by atoms with Crippen LogP contribution in [0.2, 0.25) is 0 Å². The highest BCUT2D eigenvalue weighted by molar-refractivity contribution is 5.70. The van der Waals surface area contributed by atoms with Gasteiger partial charge >= 0.3 is 12.1 Å². The molecule has 0 amide bonds. The van der Waals surface area contributed by atoms with E-state index in [9.17, 15) is 18.0 Å². The molecule has 0 N–H and O–H groups in total. The van der Waals surface area contributed by atoms with Gasteiger partial charge in [-0.25, -0.2) is 0 Å². The number of carbonyl (C=O) groups is 1. The summed E-state index contributed by atoms with van der Waals surface area (Å²) in [6.07, 6.45) is -2.72. The van der Waals surface area contributed by atoms with Gasteiger partial charge in [0.05, 0.1) is 5.56 Å². The number of alkyl halides is 3. The second kappa shape index (κ2) is 6.99. The van der Waals surface area contributed by atoms with Gasteiger partial charge in [-0.3, -0.25) is 4.79 Å². The van der Waals surface area contributed by atoms with Gasteiger partial charge in [-0.2, -0.15) is 13.2 Å². The van der Waals surface area contributed by atoms with Crippen LogP contribution in [0.25, 0.3) is 0 Å². The summed E-state index contributed by atoms with van der Waals surface area (Å²) in [5.74, 6) is -0.978. The largest absolute Gasteiger partial charge is 0.460 e. The third-order valence-electron chi connectivity index (χ3n) is 3.03. The SMILES string of the molecule is C=CC(CCC(=O)OC(C)(C)C)c1ccccc1C(F)(F)F. The van der Waals surface area contributed by atoms with Crippen LogP contribution in [0.5, 0.6) is 0 Å². The molecule has 1 aromatic rings. The molecular weight excluding hydrogens is 293 g/mol. The van der Waals surface area contributed by atoms with Crippen LogP contribution in [-0.2, 0) is 15.7 Å². The molecule has 5 heteroatoms. The number of halogens is 3. The molecule has 0 aliphatic rings. The van der Waals surface area contributed by atoms with Crippen molar-refractivity contribution in [2.45, 2.75) is 51.3 Å². The molecule has 0 fully saturated rings. The van der Waals surface area contributed by atoms with Gasteiger partial charge in [0, 0.05) is 12.3 Å². The van der Waals surface area contributed by atoms with Crippen LogP contribution in [0, 0.1) is 0 Å². The van der Waals surface area contributed by atoms with Gasteiger partial charge in [0.25, 0.3) is 0 Å². The molecule has 0 saturated carbocycles. The molecule has 0 aliphatic carbocycles. The van der Waals surface area contributed by atoms with Gasteiger partial charge in [0.1, 0.15) is 5.60 Å². The Hall–Kier alpha value is -1.78. The fourth-order valence-corrected chi connectivity index (χ4v) is 2.14. The average Bonchev–Trinajstić information content (AvgIpc) is 2.36. The molecule has 2 nitrogen and oxygen atoms in total. The highest BCUT2D eigenvalue weighted by atomic mass is 19.4. The zero-order valence-corrected chi connectivity index (χ0v) is 13.0. The summed E-state index contributed by atoms with van der Waals surface area (Å²) in [6, 6.07) is 5.36. The molecule has 0 aliphatic heterocycles. The van der Waals surface area contributed by atoms with E-state index in [-0.39, 0.29) is 18.4 Å². The first-order valence-electron chi connectivity index (χ1n) is 7.05. The summed E-state index contributed by atoms with van der Waals surface area (Å²) < 4.78 is 44.3. The van der Waals surface area contributed by atoms with Gasteiger partial charge in [-0.1, -0.05) is 24.3 Å². The molecule has 1 atom stereocenters. The number of ether oxygens (including phenoxy) is 1. The molecule has 1 rings (SSSR count). The summed E-state index contributed by atoms with van der Waals surface area (Å²) in [5.41, 5.74) is -1.16. The van der Waals surface area contributed by atoms with Crippen LogP contribution in [0.4, 0.5) is 13.2 Å². The maximum atomic E-state index is 13.0. The zero-order valence-electron chi connectivity index (χ0n) is 13.0. The number of carbonyl (C=O) groups excluding carboxylic acids is 1. The van der Waals surface area contributed by atoms with E-state index in [2.05, 4.69) is 6.58 Å². The van der Waals surface area contributed by atoms with E-state index in [1.165, 1.54) is 18.2 Å². The Balaban J connectivity index is 2.86. The zero-order chi connectivity index (χ0) is 17.0. The standard InChI is InChI=1S/C17H21F3O2/c1-5-12(10-11-15(21)22-16(2,3)4)13-8-6-7-9-14(13)17(18,19)20/h5-9,12H,1,10-11H2,2-4H3. The van der Waals surface area contributed by atoms with Gasteiger partial charge in [-0.15, -0.1) is 6.58 Å². The van der Waals surface area contributed by atoms with Crippen LogP contribution in [-0.4, -0.2) is 11.6 Å². The number of rotatable bonds is 5. The van der Waals surface area contributed by atoms with Gasteiger partial charge in [0.2, 0.25) is 0 Å². The van der Waals surface area contributed by atoms with Crippen LogP contribution in [0.1, 0.15) is 50.7 Å². The molecule has 0 bridgehead atoms. The topological polar surface area (TPSA) is 26.3 Å². The third-order valence-corrected chi connectivity index (χ3v) is 3.03. The Morgan fingerprint density at radius 3 is 2.36 bits per heavy atom. The van der Waals surface area contributed by atoms with Crippen LogP contribution in [0.15, 0.2) is 36.9 Å². The van der Waals surface area contributed by atoms with E-state index >= 15 is 0 Å². The second-order valence-electron chi connectivity index (χ2n) is 6.05. The molecular formula is C17H21F3O2. The molecule has 0 spiro atoms. The lowest BCUT2D eigenvalue weighted by atomic mass is 9.90. The minimum atomic E-state index is -4.43. The van der Waals surface area contributed by atoms with Crippen LogP contribution >= 0.6 is 0 Å². The summed E-state index contributed by atoms with van der Waals surface area (Å²) in [4.78, 5) is 11.7. The van der Waals surface area contributed by atoms with E-state index in [0.717, 1.165) is 6.07 Å². The first kappa shape index (κ1) is 18.3. The number of hydrogen-bond donors (Lipinski definition) is 0. The Kier molecular flexibility index (Phi) is 5.80. The summed E-state index contributed by atoms with van der Waals surface area (Å²) in [7, 11) is 0. The van der Waals surface area contributed by atoms with Crippen molar-refractivity contribution in [3.05, 3.63) is 48.0 Å². The van der Waals surface area contributed by atoms with Crippen LogP contribution < -0.4 is 0 Å². The molecule has 0 heterocycles. The van der Waals surface area contributed by atoms with E-state index in [1.807, 2.05) is 0 Å². The summed E-state index contributed by atoms with van der Waals surface area (Å²) in [6.45, 7) is 8.83. The van der Waals surface area contributed by atoms with Crippen molar-refractivity contribution >= 4 is 5.97 Å². The molecule has 1 aromatic carbocycles. The first-order chi connectivity index (χ1) is 10.0. The molecule has 1 unspecified atom stereocenters. The lowest BCUT2D eigenvalue weighted by molar-refractivity contribution is -0.154. The van der Waals surface area contributed by atoms with Crippen molar-refractivity contribution in [1.29, 1.82) is 0 Å². The van der Waals surface area contributed by atoms with Crippen LogP contribution in [0.3, 0.4) is 0 Å². The highest BCUT2D eigenvalue weighted by Crippen LogP contribution is 2.37. The lowest BCUT2D eigenvalue weighted by Gasteiger charge is -2.21. The van der Waals surface area contributed by atoms with Crippen molar-refractivity contribution in [1.82, 2.24) is 0 Å². The minimum absolute atomic E-state index is 0.0418. The maximum Gasteiger partial charge on any atom is 0.416 e. The maximum absolute atomic E-state index is 13.0. The average molecular weight is 314 g/mol. The minimum Gasteiger partial charge on any atom is -0.460 e. The third kappa shape index (κ3) is 5.54. The number of allylic oxidation sites excluding steroid dienone is 1. The Bertz CT molecular complexity index is 527. The fourth-order valence-electron chi connectivity index (χ4n) is 2.14. The monoisotopic (exact) mass is 314 g/mol. The predicted octanol–water partition coefficient (Wildman–Crippen LogP) is 5.10. The molecule has 0 radical (unpaired) electrons. The van der Waals surface area contributed by atoms with E-state index in [4.69, 9.17) is 4.74 Å². The van der Waals surface area contributed by atoms with Gasteiger partial charge < -0.3 is 4.74 Å². The number of esters is 1. The Morgan fingerprint density at radius 1 is 1.27 bits per heavy atom. The highest BCUT2D eigenvalue weighted by Gasteiger charge is 2.34. The first-order valence-corrected chi connectivity index (χ1v) is 7.05. The number of benzene rings is 1. The molecule has 0 aromatic heterocycles. The van der Waals surface area contributed by atoms with Crippen molar-refractivity contribution < 1.29 is 22.7 Å². The summed E-state index contributed by atoms with van der Waals surface area (Å²) >= 11 is 0. The van der Waals surface area contributed by atoms with E-state index < -0.39 is 29.2 Å². The summed E-state index contributed by atoms with van der Waals surface area (Å²) in [5, 5.41) is 0. The molecule has 0 saturated heterocycles. The van der Waals surface area contributed by atoms with Gasteiger partial charge in [-0.05, 0) is 38.8 Å². The lowest BCUT2D eigenvalue weighted by Crippen LogP contribution is -2.24. The van der Waals surface area contributed by atoms with E-state index in [1.54, 1.807) is 26.8 Å². The Labute approximate surface area is 129 Å². The molecule has 22 heavy (non-hydrogen) atoms. The molecule has 122 valence electrons. The van der Waals surface area contributed by atoms with Gasteiger partial charge in [0.15, 0.2) is 0 Å². The van der Waals surface area contributed by atoms with Crippen molar-refractivity contribution in [3.8, 4) is 0 Å². The number of hydrogen-bond acceptors (Lipinski definition) is 2. The quantitative estimate of drug-likeness (QED) is 0.558. The fraction of sp³-hybridized carbons (Fsp3) is 0.471. The Morgan fingerprint density at radius 2 is 1.86 bits per heavy atom. The normalized spacial score (nSPS) is 13.5. The second-order valence-corrected chi connectivity index (χ2v) is 6.05. The smallest absolute Gasteiger partial charge is 0.416 e. The predicted molar refractivity (Wildman–Crippen MR) is 79.5 cm³/mol. The van der Waals surface area contributed by atoms with Crippen molar-refractivity contribution in [2.24, 2.45) is 0 Å². The van der Waals surface area contributed by atoms with Crippen molar-refractivity contribution in [2.75, 3.05) is 0 Å². The van der Waals surface area contributed by atoms with Crippen molar-refractivity contribution in [3.63, 3.8) is 0 Å². The van der Waals surface area contributed by atoms with E-state index in [0.29, 0.717) is 0 Å².